The summed E-state index contributed by atoms with van der Waals surface area (Å²) >= 11 is 0. The molecular formula is C23H33N4NaO5. The topological polar surface area (TPSA) is 106 Å². The molecule has 1 aliphatic heterocycles. The first-order valence-electron chi connectivity index (χ1n) is 11.0. The molecule has 0 bridgehead atoms. The van der Waals surface area contributed by atoms with Crippen molar-refractivity contribution >= 4 is 41.2 Å². The van der Waals surface area contributed by atoms with Gasteiger partial charge in [-0.3, -0.25) is 9.36 Å². The molecule has 2 unspecified atom stereocenters. The number of ether oxygens (including phenoxy) is 2. The van der Waals surface area contributed by atoms with E-state index in [1.54, 1.807) is 28.6 Å². The van der Waals surface area contributed by atoms with Gasteiger partial charge in [-0.15, -0.1) is 0 Å². The molecule has 0 aliphatic carbocycles. The van der Waals surface area contributed by atoms with E-state index in [1.165, 1.54) is 0 Å². The molecule has 1 aliphatic rings. The number of aromatic nitrogens is 2. The fourth-order valence-electron chi connectivity index (χ4n) is 3.95. The van der Waals surface area contributed by atoms with Crippen molar-refractivity contribution in [1.82, 2.24) is 15.0 Å². The number of aliphatic carboxylic acids is 1. The van der Waals surface area contributed by atoms with Gasteiger partial charge in [-0.1, -0.05) is 25.5 Å². The maximum absolute atomic E-state index is 13.1. The van der Waals surface area contributed by atoms with E-state index in [4.69, 9.17) is 14.5 Å². The SMILES string of the molecule is CCCC1NN(C)c2c1nc(C)n(CCOc1ccc(CC(OCC)C(=O)O)cc1)c2=O.[NaH]. The van der Waals surface area contributed by atoms with E-state index in [1.807, 2.05) is 26.1 Å². The van der Waals surface area contributed by atoms with Crippen LogP contribution in [-0.4, -0.2) is 76.5 Å². The van der Waals surface area contributed by atoms with Crippen molar-refractivity contribution in [2.75, 3.05) is 25.3 Å². The molecule has 3 rings (SSSR count). The number of aryl methyl sites for hydroxylation is 1. The number of rotatable bonds is 11. The maximum atomic E-state index is 13.1. The third-order valence-corrected chi connectivity index (χ3v) is 5.53. The van der Waals surface area contributed by atoms with Crippen LogP contribution in [0.5, 0.6) is 5.75 Å². The van der Waals surface area contributed by atoms with E-state index in [-0.39, 0.29) is 41.2 Å². The average Bonchev–Trinajstić information content (AvgIpc) is 3.06. The van der Waals surface area contributed by atoms with Crippen LogP contribution in [0, 0.1) is 6.92 Å². The van der Waals surface area contributed by atoms with Crippen LogP contribution in [0.15, 0.2) is 29.1 Å². The molecule has 2 heterocycles. The number of nitrogens with zero attached hydrogens (tertiary/aromatic N) is 3. The van der Waals surface area contributed by atoms with Crippen molar-refractivity contribution < 1.29 is 19.4 Å². The Morgan fingerprint density at radius 3 is 2.58 bits per heavy atom. The van der Waals surface area contributed by atoms with Gasteiger partial charge in [0.05, 0.1) is 18.3 Å². The van der Waals surface area contributed by atoms with Gasteiger partial charge in [-0.2, -0.15) is 0 Å². The monoisotopic (exact) mass is 468 g/mol. The van der Waals surface area contributed by atoms with Gasteiger partial charge in [0.25, 0.3) is 5.56 Å². The number of hydrogen-bond acceptors (Lipinski definition) is 7. The standard InChI is InChI=1S/C23H32N4O5.Na.H/c1-5-7-18-20-21(26(4)25-18)22(28)27(15(3)24-20)12-13-32-17-10-8-16(9-11-17)14-19(23(29)30)31-6-2;;/h8-11,18-19,25H,5-7,12-14H2,1-4H3,(H,29,30);;. The van der Waals surface area contributed by atoms with Gasteiger partial charge in [-0.05, 0) is 38.0 Å². The predicted octanol–water partition coefficient (Wildman–Crippen LogP) is 1.81. The number of carbonyl (C=O) groups is 1. The first kappa shape index (κ1) is 27.3. The van der Waals surface area contributed by atoms with Gasteiger partial charge >= 0.3 is 35.5 Å². The normalized spacial score (nSPS) is 15.6. The molecule has 176 valence electrons. The molecule has 0 saturated carbocycles. The summed E-state index contributed by atoms with van der Waals surface area (Å²) in [6, 6.07) is 7.31. The van der Waals surface area contributed by atoms with Gasteiger partial charge in [0.1, 0.15) is 23.9 Å². The van der Waals surface area contributed by atoms with Crippen LogP contribution < -0.4 is 20.7 Å². The Bertz CT molecular complexity index is 996. The molecule has 2 N–H and O–H groups in total. The summed E-state index contributed by atoms with van der Waals surface area (Å²) in [6.07, 6.45) is 1.35. The zero-order chi connectivity index (χ0) is 23.3. The summed E-state index contributed by atoms with van der Waals surface area (Å²) in [6.45, 7) is 6.77. The summed E-state index contributed by atoms with van der Waals surface area (Å²) in [5, 5.41) is 11.0. The van der Waals surface area contributed by atoms with Gasteiger partial charge in [0.15, 0.2) is 6.10 Å². The number of fused-ring (bicyclic) bond motifs is 1. The molecule has 0 saturated heterocycles. The molecule has 1 aromatic heterocycles. The van der Waals surface area contributed by atoms with E-state index in [2.05, 4.69) is 12.3 Å². The number of nitrogens with one attached hydrogen (secondary N) is 1. The van der Waals surface area contributed by atoms with E-state index in [0.717, 1.165) is 24.1 Å². The van der Waals surface area contributed by atoms with Crippen LogP contribution in [-0.2, 0) is 22.5 Å². The second-order valence-electron chi connectivity index (χ2n) is 7.86. The number of hydrazine groups is 1. The quantitative estimate of drug-likeness (QED) is 0.481. The Morgan fingerprint density at radius 2 is 1.97 bits per heavy atom. The number of carboxylic acids is 1. The summed E-state index contributed by atoms with van der Waals surface area (Å²) in [5.74, 6) is 0.345. The zero-order valence-corrected chi connectivity index (χ0v) is 19.1. The molecule has 10 heteroatoms. The van der Waals surface area contributed by atoms with Crippen molar-refractivity contribution in [2.24, 2.45) is 0 Å². The van der Waals surface area contributed by atoms with E-state index in [0.29, 0.717) is 43.4 Å². The minimum atomic E-state index is -0.974. The van der Waals surface area contributed by atoms with Crippen LogP contribution in [0.25, 0.3) is 0 Å². The predicted molar refractivity (Wildman–Crippen MR) is 128 cm³/mol. The molecule has 0 spiro atoms. The molecule has 2 atom stereocenters. The molecule has 33 heavy (non-hydrogen) atoms. The molecule has 0 amide bonds. The summed E-state index contributed by atoms with van der Waals surface area (Å²) in [5.41, 5.74) is 5.50. The average molecular weight is 469 g/mol. The first-order valence-corrected chi connectivity index (χ1v) is 11.0. The Morgan fingerprint density at radius 1 is 1.27 bits per heavy atom. The fraction of sp³-hybridized carbons (Fsp3) is 0.522. The molecule has 1 aromatic carbocycles. The van der Waals surface area contributed by atoms with Crippen molar-refractivity contribution in [3.05, 3.63) is 51.7 Å². The van der Waals surface area contributed by atoms with Gasteiger partial charge < -0.3 is 19.6 Å². The fourth-order valence-corrected chi connectivity index (χ4v) is 3.95. The molecule has 0 radical (unpaired) electrons. The Labute approximate surface area is 216 Å². The molecule has 0 fully saturated rings. The number of hydrogen-bond donors (Lipinski definition) is 2. The van der Waals surface area contributed by atoms with Gasteiger partial charge in [-0.25, -0.2) is 15.2 Å². The Balaban J connectivity index is 0.00000385. The van der Waals surface area contributed by atoms with Crippen LogP contribution >= 0.6 is 0 Å². The second-order valence-corrected chi connectivity index (χ2v) is 7.86. The van der Waals surface area contributed by atoms with Crippen molar-refractivity contribution in [2.45, 2.75) is 58.7 Å². The number of carboxylic acid groups (broad SMARTS) is 1. The summed E-state index contributed by atoms with van der Waals surface area (Å²) < 4.78 is 12.7. The molecular weight excluding hydrogens is 435 g/mol. The van der Waals surface area contributed by atoms with Crippen molar-refractivity contribution in [3.63, 3.8) is 0 Å². The number of anilines is 1. The summed E-state index contributed by atoms with van der Waals surface area (Å²) in [4.78, 5) is 29.0. The van der Waals surface area contributed by atoms with E-state index in [9.17, 15) is 14.7 Å². The van der Waals surface area contributed by atoms with Gasteiger partial charge in [0, 0.05) is 20.1 Å². The van der Waals surface area contributed by atoms with E-state index >= 15 is 0 Å². The summed E-state index contributed by atoms with van der Waals surface area (Å²) in [7, 11) is 1.84. The second kappa shape index (κ2) is 12.5. The van der Waals surface area contributed by atoms with Gasteiger partial charge in [0.2, 0.25) is 0 Å². The van der Waals surface area contributed by atoms with Crippen molar-refractivity contribution in [1.29, 1.82) is 0 Å². The van der Waals surface area contributed by atoms with Crippen LogP contribution in [0.3, 0.4) is 0 Å². The minimum absolute atomic E-state index is 0. The van der Waals surface area contributed by atoms with Crippen LogP contribution in [0.1, 0.15) is 49.8 Å². The van der Waals surface area contributed by atoms with Crippen LogP contribution in [0.4, 0.5) is 5.69 Å². The third kappa shape index (κ3) is 6.58. The van der Waals surface area contributed by atoms with Crippen LogP contribution in [0.2, 0.25) is 0 Å². The van der Waals surface area contributed by atoms with E-state index < -0.39 is 12.1 Å². The number of benzene rings is 1. The first-order chi connectivity index (χ1) is 15.3. The van der Waals surface area contributed by atoms with Crippen molar-refractivity contribution in [3.8, 4) is 5.75 Å². The molecule has 9 nitrogen and oxygen atoms in total. The Hall–Kier alpha value is -1.91. The Kier molecular flexibility index (Phi) is 10.4. The zero-order valence-electron chi connectivity index (χ0n) is 19.1. The third-order valence-electron chi connectivity index (χ3n) is 5.53. The molecule has 2 aromatic rings.